The molecule has 1 atom stereocenters. The lowest BCUT2D eigenvalue weighted by atomic mass is 9.98. The van der Waals surface area contributed by atoms with Crippen LogP contribution >= 0.6 is 22.9 Å². The standard InChI is InChI=1S/C18H24ClNS/c1-5-20-17(18-16(19)13(4)11-21-18)15-8-6-14(7-9-15)10-12(2)3/h6-9,11-12,17,20H,5,10H2,1-4H3. The second kappa shape index (κ2) is 7.44. The lowest BCUT2D eigenvalue weighted by Gasteiger charge is -2.18. The molecule has 0 amide bonds. The highest BCUT2D eigenvalue weighted by molar-refractivity contribution is 7.10. The van der Waals surface area contributed by atoms with Crippen molar-refractivity contribution in [3.8, 4) is 0 Å². The minimum absolute atomic E-state index is 0.189. The van der Waals surface area contributed by atoms with Crippen molar-refractivity contribution in [3.05, 3.63) is 56.2 Å². The van der Waals surface area contributed by atoms with Crippen molar-refractivity contribution in [1.29, 1.82) is 0 Å². The average Bonchev–Trinajstić information content (AvgIpc) is 2.77. The number of hydrogen-bond donors (Lipinski definition) is 1. The number of halogens is 1. The highest BCUT2D eigenvalue weighted by Gasteiger charge is 2.19. The summed E-state index contributed by atoms with van der Waals surface area (Å²) < 4.78 is 0. The van der Waals surface area contributed by atoms with Gasteiger partial charge in [0.15, 0.2) is 0 Å². The monoisotopic (exact) mass is 321 g/mol. The Balaban J connectivity index is 2.28. The molecule has 0 aliphatic carbocycles. The SMILES string of the molecule is CCNC(c1ccc(CC(C)C)cc1)c1scc(C)c1Cl. The molecule has 0 spiro atoms. The van der Waals surface area contributed by atoms with E-state index in [2.05, 4.69) is 62.7 Å². The maximum Gasteiger partial charge on any atom is 0.0686 e. The smallest absolute Gasteiger partial charge is 0.0686 e. The summed E-state index contributed by atoms with van der Waals surface area (Å²) in [7, 11) is 0. The summed E-state index contributed by atoms with van der Waals surface area (Å²) in [4.78, 5) is 1.22. The quantitative estimate of drug-likeness (QED) is 0.729. The van der Waals surface area contributed by atoms with E-state index in [1.54, 1.807) is 11.3 Å². The van der Waals surface area contributed by atoms with Crippen LogP contribution < -0.4 is 5.32 Å². The van der Waals surface area contributed by atoms with E-state index in [9.17, 15) is 0 Å². The first-order valence-corrected chi connectivity index (χ1v) is 8.84. The van der Waals surface area contributed by atoms with Crippen LogP contribution in [-0.2, 0) is 6.42 Å². The zero-order valence-corrected chi connectivity index (χ0v) is 14.8. The molecule has 1 nitrogen and oxygen atoms in total. The van der Waals surface area contributed by atoms with Crippen molar-refractivity contribution in [2.75, 3.05) is 6.54 Å². The molecule has 2 rings (SSSR count). The van der Waals surface area contributed by atoms with E-state index >= 15 is 0 Å². The third-order valence-corrected chi connectivity index (χ3v) is 5.33. The summed E-state index contributed by atoms with van der Waals surface area (Å²) in [6, 6.07) is 9.14. The first kappa shape index (κ1) is 16.5. The summed E-state index contributed by atoms with van der Waals surface area (Å²) in [5.41, 5.74) is 3.85. The predicted molar refractivity (Wildman–Crippen MR) is 94.6 cm³/mol. The van der Waals surface area contributed by atoms with Gasteiger partial charge in [-0.2, -0.15) is 0 Å². The van der Waals surface area contributed by atoms with Crippen LogP contribution in [0, 0.1) is 12.8 Å². The molecule has 0 radical (unpaired) electrons. The maximum absolute atomic E-state index is 6.46. The molecular formula is C18H24ClNS. The fourth-order valence-electron chi connectivity index (χ4n) is 2.53. The molecule has 0 fully saturated rings. The first-order valence-electron chi connectivity index (χ1n) is 7.58. The van der Waals surface area contributed by atoms with E-state index in [0.29, 0.717) is 5.92 Å². The molecule has 1 aromatic heterocycles. The molecule has 21 heavy (non-hydrogen) atoms. The summed E-state index contributed by atoms with van der Waals surface area (Å²) in [6.45, 7) is 9.63. The second-order valence-electron chi connectivity index (χ2n) is 5.93. The van der Waals surface area contributed by atoms with Gasteiger partial charge in [-0.3, -0.25) is 0 Å². The van der Waals surface area contributed by atoms with Gasteiger partial charge in [0.2, 0.25) is 0 Å². The van der Waals surface area contributed by atoms with Crippen molar-refractivity contribution in [2.45, 2.75) is 40.2 Å². The van der Waals surface area contributed by atoms with E-state index in [-0.39, 0.29) is 6.04 Å². The summed E-state index contributed by atoms with van der Waals surface area (Å²) in [5, 5.41) is 6.59. The third-order valence-electron chi connectivity index (χ3n) is 3.55. The van der Waals surface area contributed by atoms with Crippen LogP contribution in [0.4, 0.5) is 0 Å². The predicted octanol–water partition coefficient (Wildman–Crippen LogP) is 5.61. The second-order valence-corrected chi connectivity index (χ2v) is 7.22. The first-order chi connectivity index (χ1) is 10.0. The molecule has 0 saturated carbocycles. The minimum Gasteiger partial charge on any atom is -0.306 e. The van der Waals surface area contributed by atoms with Gasteiger partial charge in [0.1, 0.15) is 0 Å². The van der Waals surface area contributed by atoms with Gasteiger partial charge in [0.25, 0.3) is 0 Å². The van der Waals surface area contributed by atoms with Gasteiger partial charge in [0.05, 0.1) is 11.1 Å². The fraction of sp³-hybridized carbons (Fsp3) is 0.444. The van der Waals surface area contributed by atoms with Crippen molar-refractivity contribution >= 4 is 22.9 Å². The topological polar surface area (TPSA) is 12.0 Å². The molecule has 0 saturated heterocycles. The highest BCUT2D eigenvalue weighted by Crippen LogP contribution is 2.35. The molecule has 3 heteroatoms. The third kappa shape index (κ3) is 4.09. The number of hydrogen-bond acceptors (Lipinski definition) is 2. The van der Waals surface area contributed by atoms with Gasteiger partial charge < -0.3 is 5.32 Å². The van der Waals surface area contributed by atoms with Gasteiger partial charge in [-0.15, -0.1) is 11.3 Å². The Hall–Kier alpha value is -0.830. The Labute approximate surface area is 137 Å². The summed E-state index contributed by atoms with van der Waals surface area (Å²) in [6.07, 6.45) is 1.13. The van der Waals surface area contributed by atoms with Gasteiger partial charge in [-0.1, -0.05) is 56.6 Å². The zero-order chi connectivity index (χ0) is 15.4. The number of nitrogens with one attached hydrogen (secondary N) is 1. The molecule has 1 heterocycles. The number of rotatable bonds is 6. The summed E-state index contributed by atoms with van der Waals surface area (Å²) >= 11 is 8.20. The maximum atomic E-state index is 6.46. The van der Waals surface area contributed by atoms with Crippen LogP contribution in [0.5, 0.6) is 0 Å². The van der Waals surface area contributed by atoms with Crippen LogP contribution in [0.2, 0.25) is 5.02 Å². The van der Waals surface area contributed by atoms with Crippen LogP contribution in [0.25, 0.3) is 0 Å². The van der Waals surface area contributed by atoms with Crippen molar-refractivity contribution in [1.82, 2.24) is 5.32 Å². The van der Waals surface area contributed by atoms with Gasteiger partial charge >= 0.3 is 0 Å². The molecule has 1 aromatic carbocycles. The van der Waals surface area contributed by atoms with Crippen LogP contribution in [0.1, 0.15) is 48.4 Å². The van der Waals surface area contributed by atoms with E-state index < -0.39 is 0 Å². The van der Waals surface area contributed by atoms with Crippen molar-refractivity contribution in [3.63, 3.8) is 0 Å². The normalized spacial score (nSPS) is 12.9. The fourth-order valence-corrected chi connectivity index (χ4v) is 3.93. The lowest BCUT2D eigenvalue weighted by Crippen LogP contribution is -2.21. The molecular weight excluding hydrogens is 298 g/mol. The molecule has 0 bridgehead atoms. The molecule has 1 unspecified atom stereocenters. The molecule has 2 aromatic rings. The van der Waals surface area contributed by atoms with Crippen LogP contribution in [0.3, 0.4) is 0 Å². The van der Waals surface area contributed by atoms with Gasteiger partial charge in [-0.25, -0.2) is 0 Å². The van der Waals surface area contributed by atoms with Crippen LogP contribution in [-0.4, -0.2) is 6.54 Å². The van der Waals surface area contributed by atoms with E-state index in [1.165, 1.54) is 16.0 Å². The van der Waals surface area contributed by atoms with Gasteiger partial charge in [0, 0.05) is 4.88 Å². The van der Waals surface area contributed by atoms with Crippen LogP contribution in [0.15, 0.2) is 29.6 Å². The molecule has 114 valence electrons. The number of thiophene rings is 1. The van der Waals surface area contributed by atoms with E-state index in [0.717, 1.165) is 23.6 Å². The number of benzene rings is 1. The summed E-state index contributed by atoms with van der Waals surface area (Å²) in [5.74, 6) is 0.690. The van der Waals surface area contributed by atoms with Crippen molar-refractivity contribution < 1.29 is 0 Å². The largest absolute Gasteiger partial charge is 0.306 e. The van der Waals surface area contributed by atoms with Gasteiger partial charge in [-0.05, 0) is 47.9 Å². The highest BCUT2D eigenvalue weighted by atomic mass is 35.5. The molecule has 0 aliphatic heterocycles. The Morgan fingerprint density at radius 3 is 2.33 bits per heavy atom. The number of aryl methyl sites for hydroxylation is 1. The van der Waals surface area contributed by atoms with Crippen molar-refractivity contribution in [2.24, 2.45) is 5.92 Å². The van der Waals surface area contributed by atoms with E-state index in [4.69, 9.17) is 11.6 Å². The molecule has 0 aliphatic rings. The zero-order valence-electron chi connectivity index (χ0n) is 13.2. The average molecular weight is 322 g/mol. The lowest BCUT2D eigenvalue weighted by molar-refractivity contribution is 0.635. The minimum atomic E-state index is 0.189. The Kier molecular flexibility index (Phi) is 5.86. The van der Waals surface area contributed by atoms with E-state index in [1.807, 2.05) is 0 Å². The Bertz CT molecular complexity index is 571. The molecule has 1 N–H and O–H groups in total. The Morgan fingerprint density at radius 2 is 1.86 bits per heavy atom. The Morgan fingerprint density at radius 1 is 1.19 bits per heavy atom.